The average molecular weight is 268 g/mol. The number of hydrogen-bond acceptors (Lipinski definition) is 3. The minimum Gasteiger partial charge on any atom is -0.394 e. The molecule has 19 heavy (non-hydrogen) atoms. The smallest absolute Gasteiger partial charge is 0.0613 e. The van der Waals surface area contributed by atoms with Crippen molar-refractivity contribution in [3.8, 4) is 0 Å². The summed E-state index contributed by atoms with van der Waals surface area (Å²) in [4.78, 5) is 2.69. The van der Waals surface area contributed by atoms with Gasteiger partial charge in [-0.3, -0.25) is 0 Å². The molecular weight excluding hydrogens is 236 g/mol. The van der Waals surface area contributed by atoms with Crippen LogP contribution in [0.5, 0.6) is 0 Å². The topological polar surface area (TPSA) is 35.5 Å². The van der Waals surface area contributed by atoms with Crippen LogP contribution in [0.3, 0.4) is 0 Å². The lowest BCUT2D eigenvalue weighted by atomic mass is 9.78. The molecule has 1 saturated carbocycles. The lowest BCUT2D eigenvalue weighted by Crippen LogP contribution is -2.49. The molecule has 2 atom stereocenters. The Morgan fingerprint density at radius 1 is 1.21 bits per heavy atom. The van der Waals surface area contributed by atoms with E-state index in [1.165, 1.54) is 38.8 Å². The van der Waals surface area contributed by atoms with Crippen LogP contribution < -0.4 is 5.32 Å². The van der Waals surface area contributed by atoms with Gasteiger partial charge in [0.25, 0.3) is 0 Å². The molecule has 2 unspecified atom stereocenters. The summed E-state index contributed by atoms with van der Waals surface area (Å²) < 4.78 is 0. The van der Waals surface area contributed by atoms with Crippen LogP contribution in [0.4, 0.5) is 0 Å². The zero-order valence-corrected chi connectivity index (χ0v) is 13.0. The van der Waals surface area contributed by atoms with E-state index in [4.69, 9.17) is 0 Å². The predicted octanol–water partition coefficient (Wildman–Crippen LogP) is 2.39. The van der Waals surface area contributed by atoms with E-state index >= 15 is 0 Å². The fourth-order valence-electron chi connectivity index (χ4n) is 3.93. The van der Waals surface area contributed by atoms with Gasteiger partial charge >= 0.3 is 0 Å². The maximum Gasteiger partial charge on any atom is 0.0613 e. The van der Waals surface area contributed by atoms with Crippen molar-refractivity contribution in [2.45, 2.75) is 70.9 Å². The van der Waals surface area contributed by atoms with E-state index in [-0.39, 0.29) is 12.1 Å². The highest BCUT2D eigenvalue weighted by Gasteiger charge is 2.41. The first kappa shape index (κ1) is 15.3. The molecular formula is C16H32N2O. The Morgan fingerprint density at radius 2 is 1.89 bits per heavy atom. The van der Waals surface area contributed by atoms with Crippen LogP contribution in [-0.4, -0.2) is 47.8 Å². The molecule has 1 aliphatic carbocycles. The molecule has 0 aromatic heterocycles. The van der Waals surface area contributed by atoms with Crippen LogP contribution >= 0.6 is 0 Å². The summed E-state index contributed by atoms with van der Waals surface area (Å²) in [6, 6.07) is 0.688. The van der Waals surface area contributed by atoms with E-state index < -0.39 is 0 Å². The highest BCUT2D eigenvalue weighted by Crippen LogP contribution is 2.39. The van der Waals surface area contributed by atoms with Crippen molar-refractivity contribution >= 4 is 0 Å². The van der Waals surface area contributed by atoms with Gasteiger partial charge in [0, 0.05) is 11.6 Å². The SMILES string of the molecule is CCNC1(CO)CCC(N2CCC(C)(CC)CC2)C1. The average Bonchev–Trinajstić information content (AvgIpc) is 2.85. The van der Waals surface area contributed by atoms with E-state index in [1.807, 2.05) is 0 Å². The Kier molecular flexibility index (Phi) is 4.91. The molecule has 1 heterocycles. The predicted molar refractivity (Wildman–Crippen MR) is 80.3 cm³/mol. The summed E-state index contributed by atoms with van der Waals surface area (Å²) in [6.45, 7) is 10.7. The van der Waals surface area contributed by atoms with Gasteiger partial charge in [-0.1, -0.05) is 27.2 Å². The molecule has 2 aliphatic rings. The number of likely N-dealkylation sites (N-methyl/N-ethyl adjacent to an activating group) is 1. The van der Waals surface area contributed by atoms with Crippen molar-refractivity contribution in [1.82, 2.24) is 10.2 Å². The maximum atomic E-state index is 9.70. The summed E-state index contributed by atoms with van der Waals surface area (Å²) in [5, 5.41) is 13.2. The normalized spacial score (nSPS) is 35.7. The fraction of sp³-hybridized carbons (Fsp3) is 1.00. The van der Waals surface area contributed by atoms with Crippen LogP contribution in [0.25, 0.3) is 0 Å². The Bertz CT molecular complexity index is 286. The number of piperidine rings is 1. The molecule has 3 heteroatoms. The van der Waals surface area contributed by atoms with Crippen molar-refractivity contribution in [2.24, 2.45) is 5.41 Å². The van der Waals surface area contributed by atoms with Crippen LogP contribution in [-0.2, 0) is 0 Å². The zero-order chi connectivity index (χ0) is 13.9. The van der Waals surface area contributed by atoms with Gasteiger partial charge in [-0.25, -0.2) is 0 Å². The molecule has 112 valence electrons. The molecule has 0 spiro atoms. The third-order valence-corrected chi connectivity index (χ3v) is 5.81. The van der Waals surface area contributed by atoms with Gasteiger partial charge in [-0.2, -0.15) is 0 Å². The standard InChI is InChI=1S/C16H32N2O/c1-4-15(3)8-10-18(11-9-15)14-6-7-16(12-14,13-19)17-5-2/h14,17,19H,4-13H2,1-3H3. The van der Waals surface area contributed by atoms with E-state index in [1.54, 1.807) is 0 Å². The zero-order valence-electron chi connectivity index (χ0n) is 13.0. The van der Waals surface area contributed by atoms with Crippen molar-refractivity contribution in [3.63, 3.8) is 0 Å². The molecule has 0 bridgehead atoms. The Hall–Kier alpha value is -0.120. The number of hydrogen-bond donors (Lipinski definition) is 2. The summed E-state index contributed by atoms with van der Waals surface area (Å²) in [5.74, 6) is 0. The number of aliphatic hydroxyl groups excluding tert-OH is 1. The van der Waals surface area contributed by atoms with E-state index in [2.05, 4.69) is 31.0 Å². The van der Waals surface area contributed by atoms with E-state index in [0.29, 0.717) is 11.5 Å². The van der Waals surface area contributed by atoms with Gasteiger partial charge in [-0.05, 0) is 57.2 Å². The monoisotopic (exact) mass is 268 g/mol. The number of aliphatic hydroxyl groups is 1. The minimum atomic E-state index is 0.00488. The lowest BCUT2D eigenvalue weighted by Gasteiger charge is -2.42. The molecule has 2 rings (SSSR count). The van der Waals surface area contributed by atoms with Crippen molar-refractivity contribution in [3.05, 3.63) is 0 Å². The summed E-state index contributed by atoms with van der Waals surface area (Å²) >= 11 is 0. The molecule has 1 aliphatic heterocycles. The van der Waals surface area contributed by atoms with Gasteiger partial charge < -0.3 is 15.3 Å². The highest BCUT2D eigenvalue weighted by atomic mass is 16.3. The number of nitrogens with zero attached hydrogens (tertiary/aromatic N) is 1. The second-order valence-electron chi connectivity index (χ2n) is 7.07. The number of likely N-dealkylation sites (tertiary alicyclic amines) is 1. The van der Waals surface area contributed by atoms with Crippen molar-refractivity contribution in [2.75, 3.05) is 26.2 Å². The first-order valence-electron chi connectivity index (χ1n) is 8.16. The van der Waals surface area contributed by atoms with Crippen molar-refractivity contribution in [1.29, 1.82) is 0 Å². The molecule has 2 N–H and O–H groups in total. The molecule has 3 nitrogen and oxygen atoms in total. The van der Waals surface area contributed by atoms with Crippen molar-refractivity contribution < 1.29 is 5.11 Å². The largest absolute Gasteiger partial charge is 0.394 e. The number of rotatable bonds is 5. The first-order valence-corrected chi connectivity index (χ1v) is 8.16. The van der Waals surface area contributed by atoms with Crippen LogP contribution in [0.2, 0.25) is 0 Å². The first-order chi connectivity index (χ1) is 9.06. The summed E-state index contributed by atoms with van der Waals surface area (Å²) in [7, 11) is 0. The van der Waals surface area contributed by atoms with Crippen LogP contribution in [0, 0.1) is 5.41 Å². The molecule has 0 aromatic carbocycles. The van der Waals surface area contributed by atoms with Gasteiger partial charge in [-0.15, -0.1) is 0 Å². The minimum absolute atomic E-state index is 0.00488. The summed E-state index contributed by atoms with van der Waals surface area (Å²) in [6.07, 6.45) is 7.49. The maximum absolute atomic E-state index is 9.70. The highest BCUT2D eigenvalue weighted by molar-refractivity contribution is 5.00. The molecule has 1 saturated heterocycles. The third-order valence-electron chi connectivity index (χ3n) is 5.81. The van der Waals surface area contributed by atoms with Gasteiger partial charge in [0.05, 0.1) is 6.61 Å². The third kappa shape index (κ3) is 3.32. The molecule has 2 fully saturated rings. The van der Waals surface area contributed by atoms with Crippen LogP contribution in [0.1, 0.15) is 59.3 Å². The fourth-order valence-corrected chi connectivity index (χ4v) is 3.93. The molecule has 0 radical (unpaired) electrons. The van der Waals surface area contributed by atoms with Gasteiger partial charge in [0.1, 0.15) is 0 Å². The van der Waals surface area contributed by atoms with E-state index in [0.717, 1.165) is 19.4 Å². The number of nitrogens with one attached hydrogen (secondary N) is 1. The quantitative estimate of drug-likeness (QED) is 0.803. The molecule has 0 aromatic rings. The van der Waals surface area contributed by atoms with Gasteiger partial charge in [0.15, 0.2) is 0 Å². The van der Waals surface area contributed by atoms with Gasteiger partial charge in [0.2, 0.25) is 0 Å². The second kappa shape index (κ2) is 6.11. The second-order valence-corrected chi connectivity index (χ2v) is 7.07. The molecule has 0 amide bonds. The summed E-state index contributed by atoms with van der Waals surface area (Å²) in [5.41, 5.74) is 0.579. The Morgan fingerprint density at radius 3 is 2.42 bits per heavy atom. The Balaban J connectivity index is 1.88. The van der Waals surface area contributed by atoms with E-state index in [9.17, 15) is 5.11 Å². The lowest BCUT2D eigenvalue weighted by molar-refractivity contribution is 0.0750. The Labute approximate surface area is 118 Å². The van der Waals surface area contributed by atoms with Crippen LogP contribution in [0.15, 0.2) is 0 Å².